The molecule has 0 aliphatic rings. The maximum Gasteiger partial charge on any atom is 0.322 e. The molecule has 0 saturated carbocycles. The summed E-state index contributed by atoms with van der Waals surface area (Å²) in [4.78, 5) is 20.9. The van der Waals surface area contributed by atoms with E-state index in [-0.39, 0.29) is 18.9 Å². The molecule has 88 valence electrons. The first-order valence-electron chi connectivity index (χ1n) is 4.86. The molecule has 0 spiro atoms. The molecule has 0 fully saturated rings. The van der Waals surface area contributed by atoms with E-state index in [1.54, 1.807) is 0 Å². The number of aliphatic carboxylic acids is 2. The Balaban J connectivity index is 3.76. The minimum Gasteiger partial charge on any atom is -0.481 e. The fraction of sp³-hybridized carbons (Fsp3) is 0.778. The molecule has 0 radical (unpaired) electrons. The van der Waals surface area contributed by atoms with E-state index in [4.69, 9.17) is 10.2 Å². The van der Waals surface area contributed by atoms with Gasteiger partial charge in [0.25, 0.3) is 0 Å². The van der Waals surface area contributed by atoms with E-state index in [9.17, 15) is 9.59 Å². The third-order valence-corrected chi connectivity index (χ3v) is 1.75. The van der Waals surface area contributed by atoms with E-state index in [2.05, 4.69) is 10.9 Å². The van der Waals surface area contributed by atoms with Crippen molar-refractivity contribution < 1.29 is 19.8 Å². The second kappa shape index (κ2) is 7.19. The molecule has 0 bridgehead atoms. The van der Waals surface area contributed by atoms with Gasteiger partial charge in [0.1, 0.15) is 6.04 Å². The zero-order chi connectivity index (χ0) is 11.8. The number of nitrogens with one attached hydrogen (secondary N) is 2. The Hall–Kier alpha value is -1.14. The fourth-order valence-corrected chi connectivity index (χ4v) is 1.06. The third kappa shape index (κ3) is 7.90. The van der Waals surface area contributed by atoms with Crippen LogP contribution in [-0.4, -0.2) is 34.7 Å². The monoisotopic (exact) mass is 218 g/mol. The van der Waals surface area contributed by atoms with Crippen molar-refractivity contribution >= 4 is 11.9 Å². The van der Waals surface area contributed by atoms with Crippen molar-refractivity contribution in [3.63, 3.8) is 0 Å². The van der Waals surface area contributed by atoms with Gasteiger partial charge in [-0.3, -0.25) is 15.0 Å². The number of carboxylic acids is 2. The molecule has 0 unspecified atom stereocenters. The maximum absolute atomic E-state index is 10.7. The molecule has 0 amide bonds. The zero-order valence-corrected chi connectivity index (χ0v) is 8.99. The molecule has 0 aromatic carbocycles. The first-order chi connectivity index (χ1) is 6.93. The van der Waals surface area contributed by atoms with E-state index in [0.717, 1.165) is 0 Å². The van der Waals surface area contributed by atoms with Gasteiger partial charge in [0, 0.05) is 6.54 Å². The van der Waals surface area contributed by atoms with Gasteiger partial charge in [-0.2, -0.15) is 0 Å². The van der Waals surface area contributed by atoms with E-state index in [1.807, 2.05) is 13.8 Å². The minimum absolute atomic E-state index is 0.0407. The summed E-state index contributed by atoms with van der Waals surface area (Å²) in [6.45, 7) is 4.06. The molecule has 4 N–H and O–H groups in total. The standard InChI is InChI=1S/C9H18N2O4/c1-6(2)5-7(9(14)15)11-10-4-3-8(12)13/h6-7,10-11H,3-5H2,1-2H3,(H,12,13)(H,14,15)/t7-/m0/s1. The molecule has 0 aliphatic heterocycles. The molecule has 6 heteroatoms. The van der Waals surface area contributed by atoms with E-state index in [0.29, 0.717) is 6.42 Å². The lowest BCUT2D eigenvalue weighted by Crippen LogP contribution is -2.46. The lowest BCUT2D eigenvalue weighted by atomic mass is 10.0. The summed E-state index contributed by atoms with van der Waals surface area (Å²) in [6.07, 6.45) is 0.455. The van der Waals surface area contributed by atoms with Crippen LogP contribution < -0.4 is 10.9 Å². The number of carbonyl (C=O) groups is 2. The van der Waals surface area contributed by atoms with Crippen molar-refractivity contribution in [2.24, 2.45) is 5.92 Å². The third-order valence-electron chi connectivity index (χ3n) is 1.75. The van der Waals surface area contributed by atoms with Crippen LogP contribution in [0.1, 0.15) is 26.7 Å². The minimum atomic E-state index is -0.938. The van der Waals surface area contributed by atoms with Gasteiger partial charge in [0.05, 0.1) is 6.42 Å². The van der Waals surface area contributed by atoms with Crippen molar-refractivity contribution in [1.82, 2.24) is 10.9 Å². The van der Waals surface area contributed by atoms with Gasteiger partial charge < -0.3 is 10.2 Å². The summed E-state index contributed by atoms with van der Waals surface area (Å²) in [6, 6.07) is -0.682. The molecule has 0 rings (SSSR count). The van der Waals surface area contributed by atoms with Crippen molar-refractivity contribution in [2.75, 3.05) is 6.54 Å². The molecule has 0 heterocycles. The Bertz CT molecular complexity index is 218. The number of carboxylic acid groups (broad SMARTS) is 2. The van der Waals surface area contributed by atoms with Crippen molar-refractivity contribution in [1.29, 1.82) is 0 Å². The van der Waals surface area contributed by atoms with Crippen LogP contribution in [-0.2, 0) is 9.59 Å². The summed E-state index contributed by atoms with van der Waals surface area (Å²) in [5.74, 6) is -1.59. The fourth-order valence-electron chi connectivity index (χ4n) is 1.06. The molecule has 15 heavy (non-hydrogen) atoms. The molecule has 0 saturated heterocycles. The van der Waals surface area contributed by atoms with Crippen molar-refractivity contribution in [3.05, 3.63) is 0 Å². The molecular formula is C9H18N2O4. The highest BCUT2D eigenvalue weighted by atomic mass is 16.4. The quantitative estimate of drug-likeness (QED) is 0.339. The average molecular weight is 218 g/mol. The first-order valence-corrected chi connectivity index (χ1v) is 4.86. The largest absolute Gasteiger partial charge is 0.481 e. The Morgan fingerprint density at radius 3 is 2.27 bits per heavy atom. The Morgan fingerprint density at radius 2 is 1.87 bits per heavy atom. The van der Waals surface area contributed by atoms with E-state index in [1.165, 1.54) is 0 Å². The molecule has 0 aromatic rings. The SMILES string of the molecule is CC(C)C[C@H](NNCCC(=O)O)C(=O)O. The van der Waals surface area contributed by atoms with Crippen LogP contribution in [0.4, 0.5) is 0 Å². The van der Waals surface area contributed by atoms with Crippen LogP contribution in [0.15, 0.2) is 0 Å². The zero-order valence-electron chi connectivity index (χ0n) is 8.99. The van der Waals surface area contributed by atoms with Crippen LogP contribution in [0.3, 0.4) is 0 Å². The van der Waals surface area contributed by atoms with Crippen LogP contribution in [0.25, 0.3) is 0 Å². The summed E-state index contributed by atoms with van der Waals surface area (Å²) in [5, 5.41) is 17.2. The molecular weight excluding hydrogens is 200 g/mol. The van der Waals surface area contributed by atoms with Gasteiger partial charge >= 0.3 is 11.9 Å². The summed E-state index contributed by atoms with van der Waals surface area (Å²) in [7, 11) is 0. The number of hydrogen-bond acceptors (Lipinski definition) is 4. The molecule has 1 atom stereocenters. The number of rotatable bonds is 8. The Morgan fingerprint density at radius 1 is 1.27 bits per heavy atom. The Kier molecular flexibility index (Phi) is 6.64. The van der Waals surface area contributed by atoms with Gasteiger partial charge in [-0.25, -0.2) is 5.43 Å². The highest BCUT2D eigenvalue weighted by Crippen LogP contribution is 2.03. The smallest absolute Gasteiger partial charge is 0.322 e. The summed E-state index contributed by atoms with van der Waals surface area (Å²) >= 11 is 0. The Labute approximate surface area is 88.6 Å². The topological polar surface area (TPSA) is 98.7 Å². The molecule has 6 nitrogen and oxygen atoms in total. The van der Waals surface area contributed by atoms with E-state index < -0.39 is 18.0 Å². The lowest BCUT2D eigenvalue weighted by Gasteiger charge is -2.16. The van der Waals surface area contributed by atoms with Crippen LogP contribution in [0, 0.1) is 5.92 Å². The number of hydrazine groups is 1. The van der Waals surface area contributed by atoms with E-state index >= 15 is 0 Å². The average Bonchev–Trinajstić information content (AvgIpc) is 2.08. The van der Waals surface area contributed by atoms with Crippen LogP contribution >= 0.6 is 0 Å². The normalized spacial score (nSPS) is 12.7. The van der Waals surface area contributed by atoms with Gasteiger partial charge in [0.15, 0.2) is 0 Å². The van der Waals surface area contributed by atoms with Gasteiger partial charge in [-0.15, -0.1) is 0 Å². The second-order valence-corrected chi connectivity index (χ2v) is 3.74. The molecule has 0 aromatic heterocycles. The molecule has 0 aliphatic carbocycles. The van der Waals surface area contributed by atoms with Gasteiger partial charge in [-0.1, -0.05) is 13.8 Å². The number of hydrogen-bond donors (Lipinski definition) is 4. The van der Waals surface area contributed by atoms with Gasteiger partial charge in [0.2, 0.25) is 0 Å². The lowest BCUT2D eigenvalue weighted by molar-refractivity contribution is -0.140. The van der Waals surface area contributed by atoms with Crippen molar-refractivity contribution in [2.45, 2.75) is 32.7 Å². The summed E-state index contributed by atoms with van der Waals surface area (Å²) in [5.41, 5.74) is 5.18. The van der Waals surface area contributed by atoms with Crippen LogP contribution in [0.5, 0.6) is 0 Å². The predicted octanol–water partition coefficient (Wildman–Crippen LogP) is 0.0546. The highest BCUT2D eigenvalue weighted by Gasteiger charge is 2.17. The maximum atomic E-state index is 10.7. The highest BCUT2D eigenvalue weighted by molar-refractivity contribution is 5.73. The van der Waals surface area contributed by atoms with Gasteiger partial charge in [-0.05, 0) is 12.3 Å². The van der Waals surface area contributed by atoms with Crippen molar-refractivity contribution in [3.8, 4) is 0 Å². The van der Waals surface area contributed by atoms with Crippen LogP contribution in [0.2, 0.25) is 0 Å². The summed E-state index contributed by atoms with van der Waals surface area (Å²) < 4.78 is 0. The predicted molar refractivity (Wildman–Crippen MR) is 54.3 cm³/mol. The second-order valence-electron chi connectivity index (χ2n) is 3.74. The first kappa shape index (κ1) is 13.9.